The van der Waals surface area contributed by atoms with Crippen molar-refractivity contribution in [1.29, 1.82) is 0 Å². The standard InChI is InChI=1S/C17H24N2O2/c1-21-15-12-13(18)4-5-14(15)16(20)19-10-8-17(9-11-19)6-2-3-7-17/h4-5,12H,2-3,6-11,18H2,1H3. The Balaban J connectivity index is 1.72. The van der Waals surface area contributed by atoms with Gasteiger partial charge in [0.15, 0.2) is 0 Å². The fourth-order valence-electron chi connectivity index (χ4n) is 3.86. The monoisotopic (exact) mass is 288 g/mol. The average Bonchev–Trinajstić information content (AvgIpc) is 2.95. The number of rotatable bonds is 2. The summed E-state index contributed by atoms with van der Waals surface area (Å²) >= 11 is 0. The van der Waals surface area contributed by atoms with Crippen LogP contribution in [0, 0.1) is 5.41 Å². The highest BCUT2D eigenvalue weighted by atomic mass is 16.5. The van der Waals surface area contributed by atoms with Gasteiger partial charge in [-0.25, -0.2) is 0 Å². The minimum Gasteiger partial charge on any atom is -0.496 e. The Hall–Kier alpha value is -1.71. The van der Waals surface area contributed by atoms with Gasteiger partial charge in [-0.1, -0.05) is 12.8 Å². The van der Waals surface area contributed by atoms with Gasteiger partial charge in [0.2, 0.25) is 0 Å². The Morgan fingerprint density at radius 2 is 1.86 bits per heavy atom. The van der Waals surface area contributed by atoms with Crippen LogP contribution in [0.2, 0.25) is 0 Å². The van der Waals surface area contributed by atoms with Crippen LogP contribution < -0.4 is 10.5 Å². The number of hydrogen-bond donors (Lipinski definition) is 1. The summed E-state index contributed by atoms with van der Waals surface area (Å²) in [5.41, 5.74) is 7.52. The SMILES string of the molecule is COc1cc(N)ccc1C(=O)N1CCC2(CCCC2)CC1. The van der Waals surface area contributed by atoms with E-state index in [2.05, 4.69) is 0 Å². The zero-order valence-corrected chi connectivity index (χ0v) is 12.7. The second-order valence-electron chi connectivity index (χ2n) is 6.46. The highest BCUT2D eigenvalue weighted by Crippen LogP contribution is 2.46. The van der Waals surface area contributed by atoms with Crippen molar-refractivity contribution >= 4 is 11.6 Å². The number of nitrogens with zero attached hydrogens (tertiary/aromatic N) is 1. The van der Waals surface area contributed by atoms with Crippen LogP contribution in [-0.4, -0.2) is 31.0 Å². The molecule has 1 amide bonds. The lowest BCUT2D eigenvalue weighted by Crippen LogP contribution is -2.42. The molecule has 21 heavy (non-hydrogen) atoms. The highest BCUT2D eigenvalue weighted by molar-refractivity contribution is 5.97. The number of benzene rings is 1. The maximum Gasteiger partial charge on any atom is 0.257 e. The van der Waals surface area contributed by atoms with Crippen molar-refractivity contribution in [3.63, 3.8) is 0 Å². The van der Waals surface area contributed by atoms with Gasteiger partial charge in [-0.3, -0.25) is 4.79 Å². The van der Waals surface area contributed by atoms with Gasteiger partial charge in [-0.15, -0.1) is 0 Å². The van der Waals surface area contributed by atoms with E-state index < -0.39 is 0 Å². The van der Waals surface area contributed by atoms with Crippen molar-refractivity contribution in [2.24, 2.45) is 5.41 Å². The fourth-order valence-corrected chi connectivity index (χ4v) is 3.86. The number of ether oxygens (including phenoxy) is 1. The summed E-state index contributed by atoms with van der Waals surface area (Å²) in [7, 11) is 1.58. The number of nitrogens with two attached hydrogens (primary N) is 1. The van der Waals surface area contributed by atoms with Gasteiger partial charge < -0.3 is 15.4 Å². The lowest BCUT2D eigenvalue weighted by Gasteiger charge is -2.39. The predicted molar refractivity (Wildman–Crippen MR) is 83.4 cm³/mol. The van der Waals surface area contributed by atoms with E-state index >= 15 is 0 Å². The van der Waals surface area contributed by atoms with Crippen molar-refractivity contribution in [1.82, 2.24) is 4.90 Å². The molecule has 0 aromatic heterocycles. The zero-order chi connectivity index (χ0) is 14.9. The van der Waals surface area contributed by atoms with Crippen LogP contribution in [0.5, 0.6) is 5.75 Å². The lowest BCUT2D eigenvalue weighted by atomic mass is 9.77. The number of likely N-dealkylation sites (tertiary alicyclic amines) is 1. The Morgan fingerprint density at radius 3 is 2.48 bits per heavy atom. The predicted octanol–water partition coefficient (Wildman–Crippen LogP) is 3.07. The van der Waals surface area contributed by atoms with Crippen molar-refractivity contribution in [3.05, 3.63) is 23.8 Å². The zero-order valence-electron chi connectivity index (χ0n) is 12.7. The molecule has 1 aliphatic carbocycles. The number of nitrogen functional groups attached to an aromatic ring is 1. The molecule has 0 bridgehead atoms. The van der Waals surface area contributed by atoms with Crippen LogP contribution >= 0.6 is 0 Å². The Bertz CT molecular complexity index is 526. The number of carbonyl (C=O) groups excluding carboxylic acids is 1. The molecule has 0 unspecified atom stereocenters. The molecule has 114 valence electrons. The van der Waals surface area contributed by atoms with Gasteiger partial charge in [0, 0.05) is 24.8 Å². The molecular weight excluding hydrogens is 264 g/mol. The third kappa shape index (κ3) is 2.71. The summed E-state index contributed by atoms with van der Waals surface area (Å²) in [6, 6.07) is 5.25. The van der Waals surface area contributed by atoms with E-state index in [1.54, 1.807) is 25.3 Å². The average molecular weight is 288 g/mol. The number of hydrogen-bond acceptors (Lipinski definition) is 3. The lowest BCUT2D eigenvalue weighted by molar-refractivity contribution is 0.0584. The fraction of sp³-hybridized carbons (Fsp3) is 0.588. The highest BCUT2D eigenvalue weighted by Gasteiger charge is 2.38. The first-order valence-electron chi connectivity index (χ1n) is 7.86. The topological polar surface area (TPSA) is 55.6 Å². The van der Waals surface area contributed by atoms with Crippen LogP contribution in [0.25, 0.3) is 0 Å². The molecular formula is C17H24N2O2. The normalized spacial score (nSPS) is 20.7. The molecule has 4 nitrogen and oxygen atoms in total. The summed E-state index contributed by atoms with van der Waals surface area (Å²) in [6.45, 7) is 1.73. The first-order chi connectivity index (χ1) is 10.1. The second kappa shape index (κ2) is 5.58. The first kappa shape index (κ1) is 14.2. The molecule has 1 saturated carbocycles. The van der Waals surface area contributed by atoms with Crippen LogP contribution in [0.1, 0.15) is 48.9 Å². The molecule has 2 fully saturated rings. The summed E-state index contributed by atoms with van der Waals surface area (Å²) < 4.78 is 5.30. The Kier molecular flexibility index (Phi) is 3.79. The minimum absolute atomic E-state index is 0.0692. The van der Waals surface area contributed by atoms with Gasteiger partial charge in [0.1, 0.15) is 5.75 Å². The molecule has 1 aliphatic heterocycles. The maximum atomic E-state index is 12.7. The molecule has 2 N–H and O–H groups in total. The molecule has 1 saturated heterocycles. The quantitative estimate of drug-likeness (QED) is 0.851. The Labute approximate surface area is 126 Å². The smallest absolute Gasteiger partial charge is 0.257 e. The molecule has 4 heteroatoms. The summed E-state index contributed by atoms with van der Waals surface area (Å²) in [4.78, 5) is 14.7. The van der Waals surface area contributed by atoms with E-state index in [0.29, 0.717) is 22.4 Å². The molecule has 1 heterocycles. The van der Waals surface area contributed by atoms with Crippen LogP contribution in [-0.2, 0) is 0 Å². The number of methoxy groups -OCH3 is 1. The molecule has 1 aromatic rings. The van der Waals surface area contributed by atoms with Gasteiger partial charge in [-0.05, 0) is 43.2 Å². The van der Waals surface area contributed by atoms with Crippen molar-refractivity contribution in [2.75, 3.05) is 25.9 Å². The van der Waals surface area contributed by atoms with Gasteiger partial charge in [0.05, 0.1) is 12.7 Å². The number of anilines is 1. The van der Waals surface area contributed by atoms with Crippen LogP contribution in [0.4, 0.5) is 5.69 Å². The van der Waals surface area contributed by atoms with Crippen molar-refractivity contribution < 1.29 is 9.53 Å². The van der Waals surface area contributed by atoms with Gasteiger partial charge >= 0.3 is 0 Å². The van der Waals surface area contributed by atoms with Crippen molar-refractivity contribution in [2.45, 2.75) is 38.5 Å². The van der Waals surface area contributed by atoms with E-state index in [-0.39, 0.29) is 5.91 Å². The van der Waals surface area contributed by atoms with Gasteiger partial charge in [0.25, 0.3) is 5.91 Å². The Morgan fingerprint density at radius 1 is 1.19 bits per heavy atom. The molecule has 0 atom stereocenters. The van der Waals surface area contributed by atoms with Crippen molar-refractivity contribution in [3.8, 4) is 5.75 Å². The third-order valence-corrected chi connectivity index (χ3v) is 5.23. The maximum absolute atomic E-state index is 12.7. The van der Waals surface area contributed by atoms with E-state index in [9.17, 15) is 4.79 Å². The second-order valence-corrected chi connectivity index (χ2v) is 6.46. The van der Waals surface area contributed by atoms with E-state index in [4.69, 9.17) is 10.5 Å². The number of piperidine rings is 1. The van der Waals surface area contributed by atoms with Gasteiger partial charge in [-0.2, -0.15) is 0 Å². The summed E-state index contributed by atoms with van der Waals surface area (Å²) in [5, 5.41) is 0. The van der Waals surface area contributed by atoms with E-state index in [1.165, 1.54) is 25.7 Å². The molecule has 1 aromatic carbocycles. The summed E-state index contributed by atoms with van der Waals surface area (Å²) in [6.07, 6.45) is 7.71. The number of carbonyl (C=O) groups is 1. The van der Waals surface area contributed by atoms with E-state index in [0.717, 1.165) is 25.9 Å². The third-order valence-electron chi connectivity index (χ3n) is 5.23. The molecule has 3 rings (SSSR count). The molecule has 1 spiro atoms. The first-order valence-corrected chi connectivity index (χ1v) is 7.86. The molecule has 2 aliphatic rings. The largest absolute Gasteiger partial charge is 0.496 e. The molecule has 0 radical (unpaired) electrons. The number of amides is 1. The minimum atomic E-state index is 0.0692. The van der Waals surface area contributed by atoms with Crippen LogP contribution in [0.3, 0.4) is 0 Å². The van der Waals surface area contributed by atoms with E-state index in [1.807, 2.05) is 4.90 Å². The van der Waals surface area contributed by atoms with Crippen LogP contribution in [0.15, 0.2) is 18.2 Å². The summed E-state index contributed by atoms with van der Waals surface area (Å²) in [5.74, 6) is 0.640.